The Labute approximate surface area is 121 Å². The Morgan fingerprint density at radius 3 is 2.89 bits per heavy atom. The predicted molar refractivity (Wildman–Crippen MR) is 81.4 cm³/mol. The first-order valence-corrected chi connectivity index (χ1v) is 8.10. The molecule has 2 rings (SSSR count). The molecular formula is C12H19N3O2S2. The molecule has 0 saturated carbocycles. The van der Waals surface area contributed by atoms with Crippen LogP contribution in [0.3, 0.4) is 0 Å². The highest BCUT2D eigenvalue weighted by Crippen LogP contribution is 2.42. The van der Waals surface area contributed by atoms with Crippen LogP contribution < -0.4 is 11.1 Å². The summed E-state index contributed by atoms with van der Waals surface area (Å²) >= 11 is 2.94. The minimum absolute atomic E-state index is 0.366. The minimum Gasteiger partial charge on any atom is -0.465 e. The smallest absolute Gasteiger partial charge is 0.350 e. The van der Waals surface area contributed by atoms with Gasteiger partial charge in [0.25, 0.3) is 0 Å². The molecule has 2 heterocycles. The molecule has 19 heavy (non-hydrogen) atoms. The molecule has 1 atom stereocenters. The largest absolute Gasteiger partial charge is 0.465 e. The van der Waals surface area contributed by atoms with E-state index in [0.29, 0.717) is 16.6 Å². The van der Waals surface area contributed by atoms with Crippen LogP contribution in [0.2, 0.25) is 0 Å². The van der Waals surface area contributed by atoms with Gasteiger partial charge in [-0.05, 0) is 26.3 Å². The maximum atomic E-state index is 11.7. The van der Waals surface area contributed by atoms with E-state index >= 15 is 0 Å². The van der Waals surface area contributed by atoms with Gasteiger partial charge in [-0.2, -0.15) is 0 Å². The molecule has 7 heteroatoms. The first kappa shape index (κ1) is 14.5. The van der Waals surface area contributed by atoms with Crippen LogP contribution in [-0.4, -0.2) is 50.4 Å². The number of carbonyl (C=O) groups excluding carboxylic acids is 1. The highest BCUT2D eigenvalue weighted by atomic mass is 32.2. The van der Waals surface area contributed by atoms with Gasteiger partial charge in [0, 0.05) is 12.6 Å². The highest BCUT2D eigenvalue weighted by Gasteiger charge is 2.25. The van der Waals surface area contributed by atoms with Crippen molar-refractivity contribution in [2.24, 2.45) is 0 Å². The zero-order chi connectivity index (χ0) is 14.0. The van der Waals surface area contributed by atoms with Crippen LogP contribution in [0.15, 0.2) is 4.90 Å². The molecule has 1 aliphatic rings. The van der Waals surface area contributed by atoms with Crippen LogP contribution in [0.25, 0.3) is 0 Å². The van der Waals surface area contributed by atoms with Crippen molar-refractivity contribution in [1.82, 2.24) is 4.90 Å². The van der Waals surface area contributed by atoms with Crippen molar-refractivity contribution >= 4 is 39.8 Å². The number of anilines is 2. The molecule has 0 aromatic carbocycles. The van der Waals surface area contributed by atoms with Gasteiger partial charge >= 0.3 is 5.97 Å². The number of nitrogens with one attached hydrogen (secondary N) is 1. The molecule has 0 amide bonds. The molecule has 1 aliphatic heterocycles. The quantitative estimate of drug-likeness (QED) is 0.654. The second-order valence-corrected chi connectivity index (χ2v) is 6.43. The highest BCUT2D eigenvalue weighted by molar-refractivity contribution is 7.99. The Morgan fingerprint density at radius 1 is 1.63 bits per heavy atom. The number of methoxy groups -OCH3 is 1. The number of esters is 1. The summed E-state index contributed by atoms with van der Waals surface area (Å²) in [4.78, 5) is 15.4. The fourth-order valence-electron chi connectivity index (χ4n) is 2.21. The van der Waals surface area contributed by atoms with Gasteiger partial charge < -0.3 is 20.7 Å². The monoisotopic (exact) mass is 301 g/mol. The van der Waals surface area contributed by atoms with Crippen LogP contribution in [0, 0.1) is 0 Å². The van der Waals surface area contributed by atoms with Crippen LogP contribution >= 0.6 is 23.1 Å². The molecule has 1 fully saturated rings. The number of nitrogens with two attached hydrogens (primary N) is 1. The van der Waals surface area contributed by atoms with E-state index in [1.807, 2.05) is 6.26 Å². The maximum Gasteiger partial charge on any atom is 0.350 e. The molecule has 1 aromatic heterocycles. The molecule has 3 N–H and O–H groups in total. The van der Waals surface area contributed by atoms with E-state index in [4.69, 9.17) is 10.5 Å². The molecule has 5 nitrogen and oxygen atoms in total. The number of carbonyl (C=O) groups is 1. The van der Waals surface area contributed by atoms with Crippen molar-refractivity contribution in [2.75, 3.05) is 44.6 Å². The zero-order valence-electron chi connectivity index (χ0n) is 11.4. The molecule has 0 aliphatic carbocycles. The van der Waals surface area contributed by atoms with E-state index in [9.17, 15) is 4.79 Å². The second-order valence-electron chi connectivity index (χ2n) is 4.59. The Morgan fingerprint density at radius 2 is 2.37 bits per heavy atom. The summed E-state index contributed by atoms with van der Waals surface area (Å²) in [6, 6.07) is 0.416. The van der Waals surface area contributed by atoms with Crippen molar-refractivity contribution in [3.05, 3.63) is 4.88 Å². The second kappa shape index (κ2) is 6.02. The number of hydrogen-bond donors (Lipinski definition) is 2. The Hall–Kier alpha value is -0.920. The van der Waals surface area contributed by atoms with E-state index in [2.05, 4.69) is 17.3 Å². The van der Waals surface area contributed by atoms with Crippen LogP contribution in [0.1, 0.15) is 16.1 Å². The average Bonchev–Trinajstić information content (AvgIpc) is 2.93. The first-order chi connectivity index (χ1) is 9.06. The molecule has 0 spiro atoms. The van der Waals surface area contributed by atoms with Crippen molar-refractivity contribution < 1.29 is 9.53 Å². The lowest BCUT2D eigenvalue weighted by atomic mass is 10.2. The number of hydrogen-bond acceptors (Lipinski definition) is 7. The van der Waals surface area contributed by atoms with Gasteiger partial charge in [0.05, 0.1) is 17.7 Å². The number of likely N-dealkylation sites (N-methyl/N-ethyl adjacent to an activating group) is 1. The first-order valence-electron chi connectivity index (χ1n) is 6.06. The zero-order valence-corrected chi connectivity index (χ0v) is 13.0. The number of likely N-dealkylation sites (tertiary alicyclic amines) is 1. The topological polar surface area (TPSA) is 67.6 Å². The van der Waals surface area contributed by atoms with Crippen molar-refractivity contribution in [2.45, 2.75) is 17.4 Å². The molecular weight excluding hydrogens is 282 g/mol. The van der Waals surface area contributed by atoms with E-state index < -0.39 is 0 Å². The van der Waals surface area contributed by atoms with Gasteiger partial charge in [0.15, 0.2) is 0 Å². The third-order valence-corrected chi connectivity index (χ3v) is 5.28. The number of thiophene rings is 1. The van der Waals surface area contributed by atoms with E-state index in [-0.39, 0.29) is 5.97 Å². The molecule has 1 aromatic rings. The summed E-state index contributed by atoms with van der Waals surface area (Å²) in [7, 11) is 3.49. The Kier molecular flexibility index (Phi) is 4.59. The van der Waals surface area contributed by atoms with Gasteiger partial charge in [-0.25, -0.2) is 4.79 Å². The summed E-state index contributed by atoms with van der Waals surface area (Å²) in [6.45, 7) is 2.11. The SMILES string of the molecule is COC(=O)c1sc(NC2CCN(C)C2)c(SC)c1N. The number of ether oxygens (including phenoxy) is 1. The lowest BCUT2D eigenvalue weighted by molar-refractivity contribution is 0.0607. The normalized spacial score (nSPS) is 19.6. The number of rotatable bonds is 4. The lowest BCUT2D eigenvalue weighted by Crippen LogP contribution is -2.23. The number of nitrogens with zero attached hydrogens (tertiary/aromatic N) is 1. The van der Waals surface area contributed by atoms with Gasteiger partial charge in [-0.3, -0.25) is 0 Å². The Bertz CT molecular complexity index is 476. The maximum absolute atomic E-state index is 11.7. The standard InChI is InChI=1S/C12H19N3O2S2/c1-15-5-4-7(6-15)14-11-9(18-3)8(13)10(19-11)12(16)17-2/h7,14H,4-6,13H2,1-3H3. The average molecular weight is 301 g/mol. The van der Waals surface area contributed by atoms with Crippen LogP contribution in [0.4, 0.5) is 10.7 Å². The van der Waals surface area contributed by atoms with Crippen molar-refractivity contribution in [3.8, 4) is 0 Å². The molecule has 0 bridgehead atoms. The summed E-state index contributed by atoms with van der Waals surface area (Å²) in [6.07, 6.45) is 3.07. The minimum atomic E-state index is -0.366. The summed E-state index contributed by atoms with van der Waals surface area (Å²) in [5.41, 5.74) is 6.56. The van der Waals surface area contributed by atoms with E-state index in [1.165, 1.54) is 18.4 Å². The van der Waals surface area contributed by atoms with Crippen LogP contribution in [-0.2, 0) is 4.74 Å². The summed E-state index contributed by atoms with van der Waals surface area (Å²) in [5.74, 6) is -0.366. The third kappa shape index (κ3) is 2.98. The van der Waals surface area contributed by atoms with E-state index in [0.717, 1.165) is 29.4 Å². The van der Waals surface area contributed by atoms with Gasteiger partial charge in [-0.15, -0.1) is 23.1 Å². The molecule has 1 unspecified atom stereocenters. The van der Waals surface area contributed by atoms with Crippen LogP contribution in [0.5, 0.6) is 0 Å². The van der Waals surface area contributed by atoms with Gasteiger partial charge in [0.2, 0.25) is 0 Å². The summed E-state index contributed by atoms with van der Waals surface area (Å²) < 4.78 is 4.76. The fourth-order valence-corrected chi connectivity index (χ4v) is 4.23. The Balaban J connectivity index is 2.22. The van der Waals surface area contributed by atoms with Gasteiger partial charge in [-0.1, -0.05) is 0 Å². The molecule has 0 radical (unpaired) electrons. The van der Waals surface area contributed by atoms with Gasteiger partial charge in [0.1, 0.15) is 9.88 Å². The number of thioether (sulfide) groups is 1. The lowest BCUT2D eigenvalue weighted by Gasteiger charge is -2.13. The van der Waals surface area contributed by atoms with E-state index in [1.54, 1.807) is 11.8 Å². The molecule has 1 saturated heterocycles. The van der Waals surface area contributed by atoms with Crippen molar-refractivity contribution in [3.63, 3.8) is 0 Å². The third-order valence-electron chi connectivity index (χ3n) is 3.20. The fraction of sp³-hybridized carbons (Fsp3) is 0.583. The van der Waals surface area contributed by atoms with Crippen molar-refractivity contribution in [1.29, 1.82) is 0 Å². The molecule has 106 valence electrons. The number of nitrogen functional groups attached to an aromatic ring is 1. The predicted octanol–water partition coefficient (Wildman–Crippen LogP) is 1.95. The summed E-state index contributed by atoms with van der Waals surface area (Å²) in [5, 5.41) is 4.48.